The average molecular weight is 448 g/mol. The van der Waals surface area contributed by atoms with Crippen molar-refractivity contribution in [2.45, 2.75) is 12.5 Å². The van der Waals surface area contributed by atoms with Gasteiger partial charge in [-0.15, -0.1) is 0 Å². The van der Waals surface area contributed by atoms with Crippen LogP contribution in [0.5, 0.6) is 0 Å². The van der Waals surface area contributed by atoms with Crippen LogP contribution in [-0.4, -0.2) is 37.7 Å². The van der Waals surface area contributed by atoms with Crippen LogP contribution in [0.1, 0.15) is 28.4 Å². The number of hydrogen-bond donors (Lipinski definition) is 1. The molecule has 2 aromatic carbocycles. The molecule has 5 aromatic rings. The van der Waals surface area contributed by atoms with Crippen molar-refractivity contribution in [1.29, 1.82) is 5.26 Å². The molecule has 0 fully saturated rings. The topological polar surface area (TPSA) is 103 Å². The van der Waals surface area contributed by atoms with E-state index in [1.54, 1.807) is 28.9 Å². The summed E-state index contributed by atoms with van der Waals surface area (Å²) in [7, 11) is 1.75. The minimum Gasteiger partial charge on any atom is -0.346 e. The molecule has 1 N–H and O–H groups in total. The number of rotatable bonds is 6. The van der Waals surface area contributed by atoms with E-state index in [1.165, 1.54) is 6.33 Å². The summed E-state index contributed by atoms with van der Waals surface area (Å²) in [5.41, 5.74) is 4.53. The number of carbonyl (C=O) groups excluding carboxylic acids is 1. The van der Waals surface area contributed by atoms with Crippen molar-refractivity contribution in [3.05, 3.63) is 96.7 Å². The van der Waals surface area contributed by atoms with Crippen molar-refractivity contribution < 1.29 is 4.79 Å². The fourth-order valence-corrected chi connectivity index (χ4v) is 4.03. The Morgan fingerprint density at radius 3 is 2.82 bits per heavy atom. The molecule has 34 heavy (non-hydrogen) atoms. The van der Waals surface area contributed by atoms with E-state index >= 15 is 0 Å². The van der Waals surface area contributed by atoms with Crippen LogP contribution < -0.4 is 4.90 Å². The first-order valence-corrected chi connectivity index (χ1v) is 10.8. The number of para-hydroxylation sites is 1. The van der Waals surface area contributed by atoms with Gasteiger partial charge in [-0.1, -0.05) is 30.3 Å². The van der Waals surface area contributed by atoms with Gasteiger partial charge < -0.3 is 9.88 Å². The number of anilines is 1. The number of amides is 1. The van der Waals surface area contributed by atoms with Crippen LogP contribution in [-0.2, 0) is 0 Å². The maximum absolute atomic E-state index is 13.1. The van der Waals surface area contributed by atoms with Crippen molar-refractivity contribution in [1.82, 2.24) is 24.7 Å². The fraction of sp³-hybridized carbons (Fsp3) is 0.115. The van der Waals surface area contributed by atoms with Crippen molar-refractivity contribution in [3.8, 4) is 17.3 Å². The molecular formula is C26H21N7O. The highest BCUT2D eigenvalue weighted by Gasteiger charge is 2.20. The summed E-state index contributed by atoms with van der Waals surface area (Å²) in [6, 6.07) is 20.7. The first-order valence-electron chi connectivity index (χ1n) is 10.8. The molecule has 8 heteroatoms. The highest BCUT2D eigenvalue weighted by molar-refractivity contribution is 6.05. The van der Waals surface area contributed by atoms with E-state index in [4.69, 9.17) is 0 Å². The maximum Gasteiger partial charge on any atom is 0.258 e. The number of nitrogens with one attached hydrogen (secondary N) is 1. The SMILES string of the molecule is CN(C(=O)c1cccc(C(CC#N)n2cc(-c3ncnc4[nH]ccc34)cn2)c1)c1ccccc1. The van der Waals surface area contributed by atoms with Crippen LogP contribution in [0.3, 0.4) is 0 Å². The third kappa shape index (κ3) is 3.91. The quantitative estimate of drug-likeness (QED) is 0.410. The van der Waals surface area contributed by atoms with Crippen LogP contribution >= 0.6 is 0 Å². The summed E-state index contributed by atoms with van der Waals surface area (Å²) in [5.74, 6) is -0.124. The lowest BCUT2D eigenvalue weighted by molar-refractivity contribution is 0.0993. The molecule has 0 aliphatic heterocycles. The number of aromatic nitrogens is 5. The van der Waals surface area contributed by atoms with Gasteiger partial charge in [0.2, 0.25) is 0 Å². The summed E-state index contributed by atoms with van der Waals surface area (Å²) >= 11 is 0. The molecule has 1 atom stereocenters. The van der Waals surface area contributed by atoms with E-state index in [0.717, 1.165) is 33.5 Å². The number of hydrogen-bond acceptors (Lipinski definition) is 5. The summed E-state index contributed by atoms with van der Waals surface area (Å²) < 4.78 is 1.75. The van der Waals surface area contributed by atoms with Crippen molar-refractivity contribution in [2.75, 3.05) is 11.9 Å². The van der Waals surface area contributed by atoms with Gasteiger partial charge in [-0.25, -0.2) is 9.97 Å². The molecule has 0 saturated heterocycles. The average Bonchev–Trinajstić information content (AvgIpc) is 3.57. The molecule has 8 nitrogen and oxygen atoms in total. The fourth-order valence-electron chi connectivity index (χ4n) is 4.03. The zero-order valence-electron chi connectivity index (χ0n) is 18.5. The van der Waals surface area contributed by atoms with Crippen LogP contribution in [0.15, 0.2) is 85.6 Å². The number of nitrogens with zero attached hydrogens (tertiary/aromatic N) is 6. The third-order valence-corrected chi connectivity index (χ3v) is 5.80. The van der Waals surface area contributed by atoms with E-state index < -0.39 is 0 Å². The Hall–Kier alpha value is -4.77. The zero-order chi connectivity index (χ0) is 23.5. The van der Waals surface area contributed by atoms with Gasteiger partial charge in [0, 0.05) is 41.6 Å². The molecule has 1 unspecified atom stereocenters. The van der Waals surface area contributed by atoms with Crippen LogP contribution in [0, 0.1) is 11.3 Å². The lowest BCUT2D eigenvalue weighted by Crippen LogP contribution is -2.26. The highest BCUT2D eigenvalue weighted by atomic mass is 16.2. The van der Waals surface area contributed by atoms with Gasteiger partial charge in [0.05, 0.1) is 30.4 Å². The van der Waals surface area contributed by atoms with E-state index in [2.05, 4.69) is 26.1 Å². The molecule has 3 heterocycles. The second-order valence-electron chi connectivity index (χ2n) is 7.87. The lowest BCUT2D eigenvalue weighted by Gasteiger charge is -2.19. The molecular weight excluding hydrogens is 426 g/mol. The van der Waals surface area contributed by atoms with Crippen LogP contribution in [0.25, 0.3) is 22.3 Å². The molecule has 0 spiro atoms. The highest BCUT2D eigenvalue weighted by Crippen LogP contribution is 2.28. The van der Waals surface area contributed by atoms with Gasteiger partial charge >= 0.3 is 0 Å². The van der Waals surface area contributed by atoms with E-state index in [0.29, 0.717) is 5.56 Å². The molecule has 1 amide bonds. The first kappa shape index (κ1) is 21.1. The number of aromatic amines is 1. The molecule has 0 saturated carbocycles. The molecule has 5 rings (SSSR count). The first-order chi connectivity index (χ1) is 16.7. The van der Waals surface area contributed by atoms with E-state index in [1.807, 2.05) is 67.0 Å². The minimum atomic E-state index is -0.350. The monoisotopic (exact) mass is 447 g/mol. The Bertz CT molecular complexity index is 1500. The van der Waals surface area contributed by atoms with Gasteiger partial charge in [0.1, 0.15) is 12.0 Å². The third-order valence-electron chi connectivity index (χ3n) is 5.80. The number of carbonyl (C=O) groups is 1. The summed E-state index contributed by atoms with van der Waals surface area (Å²) in [4.78, 5) is 26.5. The second-order valence-corrected chi connectivity index (χ2v) is 7.87. The lowest BCUT2D eigenvalue weighted by atomic mass is 10.0. The standard InChI is InChI=1S/C26H21N7O/c1-32(21-8-3-2-4-9-21)26(34)19-7-5-6-18(14-19)23(10-12-27)33-16-20(15-31-33)24-22-11-13-28-25(22)30-17-29-24/h2-9,11,13-17,23H,10H2,1H3,(H,28,29,30). The smallest absolute Gasteiger partial charge is 0.258 e. The molecule has 0 aliphatic rings. The number of benzene rings is 2. The maximum atomic E-state index is 13.1. The number of nitriles is 1. The van der Waals surface area contributed by atoms with Crippen molar-refractivity contribution >= 4 is 22.6 Å². The largest absolute Gasteiger partial charge is 0.346 e. The summed E-state index contributed by atoms with van der Waals surface area (Å²) in [5, 5.41) is 15.0. The Kier molecular flexibility index (Phi) is 5.58. The van der Waals surface area contributed by atoms with Gasteiger partial charge in [0.25, 0.3) is 5.91 Å². The predicted molar refractivity (Wildman–Crippen MR) is 129 cm³/mol. The molecule has 0 bridgehead atoms. The number of H-pyrrole nitrogens is 1. The van der Waals surface area contributed by atoms with E-state index in [9.17, 15) is 10.1 Å². The molecule has 166 valence electrons. The predicted octanol–water partition coefficient (Wildman–Crippen LogP) is 4.60. The Morgan fingerprint density at radius 2 is 2.00 bits per heavy atom. The molecule has 3 aromatic heterocycles. The second kappa shape index (κ2) is 9.00. The summed E-state index contributed by atoms with van der Waals surface area (Å²) in [6.45, 7) is 0. The molecule has 0 aliphatic carbocycles. The van der Waals surface area contributed by atoms with Gasteiger partial charge in [-0.3, -0.25) is 9.48 Å². The minimum absolute atomic E-state index is 0.124. The Labute approximate surface area is 196 Å². The van der Waals surface area contributed by atoms with Gasteiger partial charge in [-0.2, -0.15) is 10.4 Å². The van der Waals surface area contributed by atoms with Gasteiger partial charge in [-0.05, 0) is 35.9 Å². The Balaban J connectivity index is 1.47. The van der Waals surface area contributed by atoms with Crippen molar-refractivity contribution in [3.63, 3.8) is 0 Å². The Morgan fingerprint density at radius 1 is 1.15 bits per heavy atom. The summed E-state index contributed by atoms with van der Waals surface area (Å²) in [6.07, 6.45) is 7.15. The van der Waals surface area contributed by atoms with Crippen LogP contribution in [0.2, 0.25) is 0 Å². The van der Waals surface area contributed by atoms with Gasteiger partial charge in [0.15, 0.2) is 0 Å². The van der Waals surface area contributed by atoms with Crippen molar-refractivity contribution in [2.24, 2.45) is 0 Å². The number of fused-ring (bicyclic) bond motifs is 1. The van der Waals surface area contributed by atoms with E-state index in [-0.39, 0.29) is 18.4 Å². The molecule has 0 radical (unpaired) electrons. The normalized spacial score (nSPS) is 11.8. The zero-order valence-corrected chi connectivity index (χ0v) is 18.5. The van der Waals surface area contributed by atoms with Crippen LogP contribution in [0.4, 0.5) is 5.69 Å².